The molecule has 0 aliphatic carbocycles. The van der Waals surface area contributed by atoms with E-state index in [0.29, 0.717) is 0 Å². The van der Waals surface area contributed by atoms with E-state index in [1.165, 1.54) is 6.04 Å². The van der Waals surface area contributed by atoms with Gasteiger partial charge in [-0.05, 0) is 19.0 Å². The molecule has 0 radical (unpaired) electrons. The highest BCUT2D eigenvalue weighted by molar-refractivity contribution is 6.87. The fourth-order valence-corrected chi connectivity index (χ4v) is 2.31. The van der Waals surface area contributed by atoms with Crippen LogP contribution in [0, 0.1) is 0 Å². The molecule has 0 amide bonds. The lowest BCUT2D eigenvalue weighted by atomic mass is 10.5. The maximum Gasteiger partial charge on any atom is 0.0973 e. The molecule has 0 saturated carbocycles. The summed E-state index contributed by atoms with van der Waals surface area (Å²) in [5.41, 5.74) is 9.53. The van der Waals surface area contributed by atoms with E-state index in [9.17, 15) is 0 Å². The lowest BCUT2D eigenvalue weighted by Gasteiger charge is -2.16. The summed E-state index contributed by atoms with van der Waals surface area (Å²) in [5.74, 6) is 0. The minimum atomic E-state index is -1.27. The first-order chi connectivity index (χ1) is 4.68. The van der Waals surface area contributed by atoms with Gasteiger partial charge in [0.05, 0.1) is 8.07 Å². The van der Waals surface area contributed by atoms with E-state index in [-0.39, 0.29) is 0 Å². The topological polar surface area (TPSA) is 26.0 Å². The molecule has 0 spiro atoms. The number of hydrogen-bond donors (Lipinski definition) is 1. The van der Waals surface area contributed by atoms with Crippen molar-refractivity contribution in [3.63, 3.8) is 0 Å². The predicted molar refractivity (Wildman–Crippen MR) is 50.5 cm³/mol. The second-order valence-electron chi connectivity index (χ2n) is 2.81. The van der Waals surface area contributed by atoms with Crippen LogP contribution >= 0.6 is 0 Å². The first-order valence-corrected chi connectivity index (χ1v) is 6.52. The third-order valence-corrected chi connectivity index (χ3v) is 5.15. The van der Waals surface area contributed by atoms with Crippen LogP contribution in [0.15, 0.2) is 24.6 Å². The zero-order valence-corrected chi connectivity index (χ0v) is 7.77. The average molecular weight is 155 g/mol. The second-order valence-corrected chi connectivity index (χ2v) is 7.13. The van der Waals surface area contributed by atoms with Gasteiger partial charge < -0.3 is 5.73 Å². The maximum atomic E-state index is 5.40. The molecule has 2 N–H and O–H groups in total. The molecule has 0 aliphatic rings. The molecule has 0 bridgehead atoms. The first-order valence-electron chi connectivity index (χ1n) is 3.66. The van der Waals surface area contributed by atoms with Gasteiger partial charge in [0.25, 0.3) is 0 Å². The molecule has 0 unspecified atom stereocenters. The molecule has 10 heavy (non-hydrogen) atoms. The number of hydrogen-bond acceptors (Lipinski definition) is 1. The van der Waals surface area contributed by atoms with Crippen LogP contribution in [0.3, 0.4) is 0 Å². The molecule has 0 atom stereocenters. The average Bonchev–Trinajstić information content (AvgIpc) is 2.00. The Morgan fingerprint density at radius 1 is 1.40 bits per heavy atom. The summed E-state index contributed by atoms with van der Waals surface area (Å²) in [6.07, 6.45) is 1.10. The maximum absolute atomic E-state index is 5.40. The Morgan fingerprint density at radius 2 is 1.90 bits per heavy atom. The Kier molecular flexibility index (Phi) is 4.32. The van der Waals surface area contributed by atoms with Crippen molar-refractivity contribution in [3.8, 4) is 0 Å². The van der Waals surface area contributed by atoms with Crippen LogP contribution in [0.4, 0.5) is 0 Å². The molecule has 1 nitrogen and oxygen atoms in total. The molecule has 0 aromatic heterocycles. The third kappa shape index (κ3) is 2.99. The van der Waals surface area contributed by atoms with Crippen molar-refractivity contribution in [2.75, 3.05) is 6.54 Å². The highest BCUT2D eigenvalue weighted by atomic mass is 28.3. The molecule has 0 saturated heterocycles. The van der Waals surface area contributed by atoms with Crippen LogP contribution in [0.5, 0.6) is 0 Å². The van der Waals surface area contributed by atoms with Gasteiger partial charge in [0, 0.05) is 0 Å². The Hall–Kier alpha value is -0.343. The normalized spacial score (nSPS) is 11.0. The highest BCUT2D eigenvalue weighted by Crippen LogP contribution is 2.13. The minimum Gasteiger partial charge on any atom is -0.330 e. The second kappa shape index (κ2) is 4.47. The molecule has 0 heterocycles. The van der Waals surface area contributed by atoms with Gasteiger partial charge in [0.1, 0.15) is 0 Å². The van der Waals surface area contributed by atoms with Crippen molar-refractivity contribution in [1.82, 2.24) is 0 Å². The van der Waals surface area contributed by atoms with E-state index in [0.717, 1.165) is 13.0 Å². The molecule has 58 valence electrons. The van der Waals surface area contributed by atoms with E-state index < -0.39 is 8.07 Å². The molecule has 0 fully saturated rings. The molecule has 2 heteroatoms. The van der Waals surface area contributed by atoms with Crippen LogP contribution < -0.4 is 5.73 Å². The quantitative estimate of drug-likeness (QED) is 0.603. The van der Waals surface area contributed by atoms with Crippen LogP contribution in [0.1, 0.15) is 6.42 Å². The Morgan fingerprint density at radius 3 is 2.20 bits per heavy atom. The van der Waals surface area contributed by atoms with Gasteiger partial charge in [-0.15, -0.1) is 13.2 Å². The third-order valence-electron chi connectivity index (χ3n) is 1.85. The fraction of sp³-hybridized carbons (Fsp3) is 0.500. The summed E-state index contributed by atoms with van der Waals surface area (Å²) in [4.78, 5) is 0. The molecule has 0 aromatic rings. The van der Waals surface area contributed by atoms with Crippen molar-refractivity contribution < 1.29 is 0 Å². The lowest BCUT2D eigenvalue weighted by molar-refractivity contribution is 0.917. The van der Waals surface area contributed by atoms with Crippen molar-refractivity contribution in [2.24, 2.45) is 5.73 Å². The van der Waals surface area contributed by atoms with Crippen LogP contribution in [0.25, 0.3) is 0 Å². The standard InChI is InChI=1S/C8H17NSi/c1-4-10(3,5-2)8-6-7-9/h4-5H,1-2,6-9H2,3H3. The summed E-state index contributed by atoms with van der Waals surface area (Å²) in [5, 5.41) is 0. The van der Waals surface area contributed by atoms with E-state index in [2.05, 4.69) is 31.1 Å². The fourth-order valence-electron chi connectivity index (χ4n) is 0.770. The van der Waals surface area contributed by atoms with Crippen molar-refractivity contribution in [2.45, 2.75) is 19.0 Å². The zero-order valence-electron chi connectivity index (χ0n) is 6.77. The zero-order chi connectivity index (χ0) is 8.04. The Labute approximate surface area is 64.6 Å². The van der Waals surface area contributed by atoms with Gasteiger partial charge in [-0.2, -0.15) is 0 Å². The summed E-state index contributed by atoms with van der Waals surface area (Å²) in [6, 6.07) is 1.19. The predicted octanol–water partition coefficient (Wildman–Crippen LogP) is 1.86. The monoisotopic (exact) mass is 155 g/mol. The van der Waals surface area contributed by atoms with Crippen LogP contribution in [-0.2, 0) is 0 Å². The highest BCUT2D eigenvalue weighted by Gasteiger charge is 2.16. The molecule has 0 aliphatic heterocycles. The van der Waals surface area contributed by atoms with Crippen LogP contribution in [-0.4, -0.2) is 14.6 Å². The van der Waals surface area contributed by atoms with Gasteiger partial charge in [-0.1, -0.05) is 17.9 Å². The molecule has 0 aromatic carbocycles. The van der Waals surface area contributed by atoms with E-state index in [1.54, 1.807) is 0 Å². The van der Waals surface area contributed by atoms with Gasteiger partial charge in [0.2, 0.25) is 0 Å². The van der Waals surface area contributed by atoms with Gasteiger partial charge in [0.15, 0.2) is 0 Å². The van der Waals surface area contributed by atoms with E-state index >= 15 is 0 Å². The summed E-state index contributed by atoms with van der Waals surface area (Å²) in [7, 11) is -1.27. The van der Waals surface area contributed by atoms with Crippen molar-refractivity contribution in [1.29, 1.82) is 0 Å². The van der Waals surface area contributed by atoms with Gasteiger partial charge in [-0.3, -0.25) is 0 Å². The molecular formula is C8H17NSi. The first kappa shape index (κ1) is 9.66. The van der Waals surface area contributed by atoms with Gasteiger partial charge >= 0.3 is 0 Å². The molecular weight excluding hydrogens is 138 g/mol. The summed E-state index contributed by atoms with van der Waals surface area (Å²) < 4.78 is 0. The van der Waals surface area contributed by atoms with Crippen LogP contribution in [0.2, 0.25) is 12.6 Å². The number of rotatable bonds is 5. The number of nitrogens with two attached hydrogens (primary N) is 1. The molecule has 0 rings (SSSR count). The largest absolute Gasteiger partial charge is 0.330 e. The summed E-state index contributed by atoms with van der Waals surface area (Å²) in [6.45, 7) is 10.6. The van der Waals surface area contributed by atoms with Crippen molar-refractivity contribution >= 4 is 8.07 Å². The minimum absolute atomic E-state index is 0.782. The van der Waals surface area contributed by atoms with Crippen molar-refractivity contribution in [3.05, 3.63) is 24.6 Å². The summed E-state index contributed by atoms with van der Waals surface area (Å²) >= 11 is 0. The van der Waals surface area contributed by atoms with E-state index in [4.69, 9.17) is 5.73 Å². The smallest absolute Gasteiger partial charge is 0.0973 e. The SMILES string of the molecule is C=C[Si](C)(C=C)CCCN. The van der Waals surface area contributed by atoms with Gasteiger partial charge in [-0.25, -0.2) is 0 Å². The van der Waals surface area contributed by atoms with E-state index in [1.807, 2.05) is 0 Å². The lowest BCUT2D eigenvalue weighted by Crippen LogP contribution is -2.25. The Bertz CT molecular complexity index is 112. The Balaban J connectivity index is 3.80.